The number of halogens is 1. The minimum atomic E-state index is -0.417. The summed E-state index contributed by atoms with van der Waals surface area (Å²) in [5, 5.41) is 4.90. The van der Waals surface area contributed by atoms with Crippen molar-refractivity contribution in [3.8, 4) is 5.75 Å². The number of rotatable bonds is 6. The van der Waals surface area contributed by atoms with Crippen molar-refractivity contribution in [3.05, 3.63) is 40.9 Å². The van der Waals surface area contributed by atoms with Crippen LogP contribution in [0.25, 0.3) is 0 Å². The molecule has 7 heteroatoms. The lowest BCUT2D eigenvalue weighted by atomic mass is 10.1. The number of nitrogens with two attached hydrogens (primary N) is 1. The van der Waals surface area contributed by atoms with E-state index in [4.69, 9.17) is 22.1 Å². The molecule has 0 amide bonds. The summed E-state index contributed by atoms with van der Waals surface area (Å²) in [5.74, 6) is 0.661. The molecule has 2 aromatic heterocycles. The highest BCUT2D eigenvalue weighted by atomic mass is 35.5. The third-order valence-electron chi connectivity index (χ3n) is 3.26. The van der Waals surface area contributed by atoms with Crippen LogP contribution in [0.4, 0.5) is 0 Å². The van der Waals surface area contributed by atoms with E-state index in [1.54, 1.807) is 25.7 Å². The molecule has 0 aliphatic rings. The van der Waals surface area contributed by atoms with Crippen molar-refractivity contribution in [2.45, 2.75) is 12.6 Å². The summed E-state index contributed by atoms with van der Waals surface area (Å²) >= 11 is 6.19. The van der Waals surface area contributed by atoms with Crippen LogP contribution in [0.1, 0.15) is 17.3 Å². The first-order valence-electron chi connectivity index (χ1n) is 6.64. The van der Waals surface area contributed by atoms with E-state index < -0.39 is 6.04 Å². The van der Waals surface area contributed by atoms with E-state index in [-0.39, 0.29) is 0 Å². The molecule has 0 saturated heterocycles. The van der Waals surface area contributed by atoms with Crippen LogP contribution in [0, 0.1) is 0 Å². The molecule has 1 atom stereocenters. The van der Waals surface area contributed by atoms with Crippen molar-refractivity contribution >= 4 is 11.6 Å². The quantitative estimate of drug-likeness (QED) is 0.877. The van der Waals surface area contributed by atoms with E-state index >= 15 is 0 Å². The maximum Gasteiger partial charge on any atom is 0.161 e. The standard InChI is InChI=1S/C14H20ClN5O/c1-19(2)6-7-20-14(12(21-3)9-18-20)13(16)10-4-5-17-8-11(10)15/h4-5,8-9,13H,6-7,16H2,1-3H3. The van der Waals surface area contributed by atoms with Crippen molar-refractivity contribution < 1.29 is 4.74 Å². The van der Waals surface area contributed by atoms with E-state index in [0.717, 1.165) is 24.3 Å². The molecule has 6 nitrogen and oxygen atoms in total. The van der Waals surface area contributed by atoms with Gasteiger partial charge in [0.1, 0.15) is 5.69 Å². The molecule has 0 fully saturated rings. The molecule has 114 valence electrons. The van der Waals surface area contributed by atoms with Gasteiger partial charge in [-0.2, -0.15) is 5.10 Å². The summed E-state index contributed by atoms with van der Waals surface area (Å²) in [6.07, 6.45) is 4.94. The number of ether oxygens (including phenoxy) is 1. The van der Waals surface area contributed by atoms with Crippen molar-refractivity contribution in [2.24, 2.45) is 5.73 Å². The van der Waals surface area contributed by atoms with Gasteiger partial charge in [0, 0.05) is 18.9 Å². The van der Waals surface area contributed by atoms with Crippen LogP contribution in [0.2, 0.25) is 5.02 Å². The van der Waals surface area contributed by atoms with Crippen molar-refractivity contribution in [2.75, 3.05) is 27.7 Å². The second-order valence-electron chi connectivity index (χ2n) is 5.00. The number of methoxy groups -OCH3 is 1. The van der Waals surface area contributed by atoms with Crippen LogP contribution in [0.15, 0.2) is 24.7 Å². The SMILES string of the molecule is COc1cnn(CCN(C)C)c1C(N)c1ccncc1Cl. The lowest BCUT2D eigenvalue weighted by molar-refractivity contribution is 0.363. The lowest BCUT2D eigenvalue weighted by Gasteiger charge is -2.18. The Morgan fingerprint density at radius 3 is 2.81 bits per heavy atom. The Morgan fingerprint density at radius 1 is 1.43 bits per heavy atom. The first-order chi connectivity index (χ1) is 10.0. The first kappa shape index (κ1) is 15.8. The number of hydrogen-bond acceptors (Lipinski definition) is 5. The fourth-order valence-electron chi connectivity index (χ4n) is 2.11. The number of likely N-dealkylation sites (N-methyl/N-ethyl adjacent to an activating group) is 1. The maximum absolute atomic E-state index is 6.38. The molecule has 0 radical (unpaired) electrons. The van der Waals surface area contributed by atoms with Crippen LogP contribution in [0.3, 0.4) is 0 Å². The summed E-state index contributed by atoms with van der Waals surface area (Å²) < 4.78 is 7.24. The number of nitrogens with zero attached hydrogens (tertiary/aromatic N) is 4. The Morgan fingerprint density at radius 2 is 2.19 bits per heavy atom. The van der Waals surface area contributed by atoms with Gasteiger partial charge in [-0.05, 0) is 25.7 Å². The van der Waals surface area contributed by atoms with Crippen LogP contribution >= 0.6 is 11.6 Å². The van der Waals surface area contributed by atoms with E-state index in [1.165, 1.54) is 0 Å². The highest BCUT2D eigenvalue weighted by molar-refractivity contribution is 6.31. The number of aromatic nitrogens is 3. The van der Waals surface area contributed by atoms with Crippen LogP contribution < -0.4 is 10.5 Å². The van der Waals surface area contributed by atoms with Crippen molar-refractivity contribution in [1.29, 1.82) is 0 Å². The zero-order valence-electron chi connectivity index (χ0n) is 12.5. The van der Waals surface area contributed by atoms with E-state index in [0.29, 0.717) is 10.8 Å². The second kappa shape index (κ2) is 6.89. The third-order valence-corrected chi connectivity index (χ3v) is 3.57. The summed E-state index contributed by atoms with van der Waals surface area (Å²) in [4.78, 5) is 6.07. The zero-order valence-corrected chi connectivity index (χ0v) is 13.2. The van der Waals surface area contributed by atoms with E-state index in [2.05, 4.69) is 15.0 Å². The Kier molecular flexibility index (Phi) is 5.17. The van der Waals surface area contributed by atoms with Gasteiger partial charge in [0.05, 0.1) is 30.9 Å². The summed E-state index contributed by atoms with van der Waals surface area (Å²) in [6, 6.07) is 1.40. The fraction of sp³-hybridized carbons (Fsp3) is 0.429. The predicted molar refractivity (Wildman–Crippen MR) is 82.6 cm³/mol. The zero-order chi connectivity index (χ0) is 15.4. The average Bonchev–Trinajstić information content (AvgIpc) is 2.87. The summed E-state index contributed by atoms with van der Waals surface area (Å²) in [6.45, 7) is 1.58. The molecular weight excluding hydrogens is 290 g/mol. The van der Waals surface area contributed by atoms with Gasteiger partial charge >= 0.3 is 0 Å². The fourth-order valence-corrected chi connectivity index (χ4v) is 2.34. The van der Waals surface area contributed by atoms with Gasteiger partial charge in [0.15, 0.2) is 5.75 Å². The first-order valence-corrected chi connectivity index (χ1v) is 7.01. The van der Waals surface area contributed by atoms with Crippen LogP contribution in [-0.4, -0.2) is 47.4 Å². The van der Waals surface area contributed by atoms with Gasteiger partial charge in [-0.25, -0.2) is 0 Å². The van der Waals surface area contributed by atoms with Crippen LogP contribution in [-0.2, 0) is 6.54 Å². The molecule has 0 aliphatic heterocycles. The van der Waals surface area contributed by atoms with Crippen molar-refractivity contribution in [3.63, 3.8) is 0 Å². The number of hydrogen-bond donors (Lipinski definition) is 1. The lowest BCUT2D eigenvalue weighted by Crippen LogP contribution is -2.24. The van der Waals surface area contributed by atoms with E-state index in [9.17, 15) is 0 Å². The van der Waals surface area contributed by atoms with Gasteiger partial charge < -0.3 is 15.4 Å². The number of pyridine rings is 1. The monoisotopic (exact) mass is 309 g/mol. The molecule has 2 N–H and O–H groups in total. The highest BCUT2D eigenvalue weighted by Crippen LogP contribution is 2.31. The van der Waals surface area contributed by atoms with Gasteiger partial charge in [0.25, 0.3) is 0 Å². The topological polar surface area (TPSA) is 69.2 Å². The summed E-state index contributed by atoms with van der Waals surface area (Å²) in [5.41, 5.74) is 7.99. The minimum absolute atomic E-state index is 0.417. The predicted octanol–water partition coefficient (Wildman–Crippen LogP) is 1.55. The second-order valence-corrected chi connectivity index (χ2v) is 5.41. The molecular formula is C14H20ClN5O. The van der Waals surface area contributed by atoms with Crippen molar-refractivity contribution in [1.82, 2.24) is 19.7 Å². The molecule has 0 aliphatic carbocycles. The Labute approximate surface area is 129 Å². The molecule has 2 heterocycles. The molecule has 0 spiro atoms. The summed E-state index contributed by atoms with van der Waals surface area (Å²) in [7, 11) is 5.64. The molecule has 21 heavy (non-hydrogen) atoms. The Balaban J connectivity index is 2.36. The minimum Gasteiger partial charge on any atom is -0.493 e. The van der Waals surface area contributed by atoms with Gasteiger partial charge in [0.2, 0.25) is 0 Å². The third kappa shape index (κ3) is 3.53. The van der Waals surface area contributed by atoms with Gasteiger partial charge in [-0.15, -0.1) is 0 Å². The largest absolute Gasteiger partial charge is 0.493 e. The van der Waals surface area contributed by atoms with E-state index in [1.807, 2.05) is 24.8 Å². The smallest absolute Gasteiger partial charge is 0.161 e. The highest BCUT2D eigenvalue weighted by Gasteiger charge is 2.22. The molecule has 0 aromatic carbocycles. The average molecular weight is 310 g/mol. The normalized spacial score (nSPS) is 12.7. The Hall–Kier alpha value is -1.63. The molecule has 1 unspecified atom stereocenters. The Bertz CT molecular complexity index is 599. The molecule has 0 saturated carbocycles. The van der Waals surface area contributed by atoms with Gasteiger partial charge in [-0.3, -0.25) is 9.67 Å². The maximum atomic E-state index is 6.38. The molecule has 2 aromatic rings. The van der Waals surface area contributed by atoms with Gasteiger partial charge in [-0.1, -0.05) is 11.6 Å². The molecule has 2 rings (SSSR count). The van der Waals surface area contributed by atoms with Crippen LogP contribution in [0.5, 0.6) is 5.75 Å². The molecule has 0 bridgehead atoms.